The number of H-pyrrole nitrogens is 1. The lowest BCUT2D eigenvalue weighted by atomic mass is 9.99. The predicted molar refractivity (Wildman–Crippen MR) is 152 cm³/mol. The molecule has 5 heterocycles. The van der Waals surface area contributed by atoms with Crippen molar-refractivity contribution in [2.45, 2.75) is 51.6 Å². The molecule has 0 spiro atoms. The number of aromatic nitrogens is 3. The standard InChI is InChI=1S/C29H36N8O3/c1-3-18(2)32-27-24-19(16-30)17-31-26(24)34-29(35-27)33-23-5-4-22(21-8-13-40-25(21)23)28(38)37-9-6-20(7-10-37)36-11-14-39-15-12-36/h4-5,17-18,20H,3,6-15H2,1-2H3,(H3,31,32,33,34,35)/t18-/m0/s1. The minimum Gasteiger partial charge on any atom is -0.491 e. The highest BCUT2D eigenvalue weighted by atomic mass is 16.5. The molecule has 2 fully saturated rings. The smallest absolute Gasteiger partial charge is 0.254 e. The Morgan fingerprint density at radius 1 is 1.20 bits per heavy atom. The topological polar surface area (TPSA) is 131 Å². The molecule has 3 aliphatic rings. The number of fused-ring (bicyclic) bond motifs is 2. The van der Waals surface area contributed by atoms with E-state index in [0.717, 1.165) is 69.9 Å². The number of carbonyl (C=O) groups is 1. The van der Waals surface area contributed by atoms with E-state index in [0.29, 0.717) is 58.7 Å². The second-order valence-corrected chi connectivity index (χ2v) is 10.8. The summed E-state index contributed by atoms with van der Waals surface area (Å²) >= 11 is 0. The van der Waals surface area contributed by atoms with Crippen LogP contribution in [0.25, 0.3) is 11.0 Å². The average Bonchev–Trinajstić information content (AvgIpc) is 3.65. The molecule has 0 saturated carbocycles. The summed E-state index contributed by atoms with van der Waals surface area (Å²) in [5.41, 5.74) is 3.42. The quantitative estimate of drug-likeness (QED) is 0.408. The van der Waals surface area contributed by atoms with Gasteiger partial charge in [0.2, 0.25) is 5.95 Å². The molecule has 11 heteroatoms. The number of anilines is 3. The number of carbonyl (C=O) groups excluding carboxylic acids is 1. The lowest BCUT2D eigenvalue weighted by molar-refractivity contribution is 0.00158. The van der Waals surface area contributed by atoms with Crippen LogP contribution < -0.4 is 15.4 Å². The molecule has 1 amide bonds. The zero-order valence-electron chi connectivity index (χ0n) is 23.1. The van der Waals surface area contributed by atoms with Crippen molar-refractivity contribution in [1.29, 1.82) is 5.26 Å². The molecule has 40 heavy (non-hydrogen) atoms. The van der Waals surface area contributed by atoms with Gasteiger partial charge in [0.15, 0.2) is 0 Å². The maximum atomic E-state index is 13.6. The second kappa shape index (κ2) is 11.3. The number of morpholine rings is 1. The Bertz CT molecular complexity index is 1430. The van der Waals surface area contributed by atoms with Gasteiger partial charge in [0.1, 0.15) is 23.3 Å². The van der Waals surface area contributed by atoms with E-state index in [4.69, 9.17) is 14.5 Å². The first-order valence-corrected chi connectivity index (χ1v) is 14.3. The molecule has 0 radical (unpaired) electrons. The van der Waals surface area contributed by atoms with E-state index in [1.54, 1.807) is 6.20 Å². The molecule has 3 aromatic rings. The number of aromatic amines is 1. The fraction of sp³-hybridized carbons (Fsp3) is 0.517. The normalized spacial score (nSPS) is 18.7. The fourth-order valence-electron chi connectivity index (χ4n) is 5.88. The number of nitrogens with one attached hydrogen (secondary N) is 3. The van der Waals surface area contributed by atoms with Crippen molar-refractivity contribution >= 4 is 34.4 Å². The summed E-state index contributed by atoms with van der Waals surface area (Å²) in [5, 5.41) is 17.0. The number of hydrogen-bond donors (Lipinski definition) is 3. The second-order valence-electron chi connectivity index (χ2n) is 10.8. The third-order valence-corrected chi connectivity index (χ3v) is 8.30. The van der Waals surface area contributed by atoms with Crippen LogP contribution in [0, 0.1) is 11.3 Å². The van der Waals surface area contributed by atoms with E-state index in [9.17, 15) is 10.1 Å². The van der Waals surface area contributed by atoms with Crippen LogP contribution in [0.1, 0.15) is 54.6 Å². The number of benzene rings is 1. The van der Waals surface area contributed by atoms with Crippen LogP contribution in [0.15, 0.2) is 18.3 Å². The Labute approximate surface area is 233 Å². The van der Waals surface area contributed by atoms with Gasteiger partial charge >= 0.3 is 0 Å². The molecule has 0 unspecified atom stereocenters. The van der Waals surface area contributed by atoms with Crippen molar-refractivity contribution in [2.75, 3.05) is 56.6 Å². The van der Waals surface area contributed by atoms with Crippen molar-refractivity contribution in [2.24, 2.45) is 0 Å². The number of hydrogen-bond acceptors (Lipinski definition) is 9. The number of rotatable bonds is 7. The van der Waals surface area contributed by atoms with E-state index in [-0.39, 0.29) is 11.9 Å². The van der Waals surface area contributed by atoms with Crippen molar-refractivity contribution in [3.8, 4) is 11.8 Å². The van der Waals surface area contributed by atoms with Gasteiger partial charge in [0.25, 0.3) is 5.91 Å². The zero-order valence-corrected chi connectivity index (χ0v) is 23.1. The van der Waals surface area contributed by atoms with Crippen LogP contribution in [-0.4, -0.2) is 88.7 Å². The molecular weight excluding hydrogens is 508 g/mol. The summed E-state index contributed by atoms with van der Waals surface area (Å²) in [5.74, 6) is 1.73. The van der Waals surface area contributed by atoms with Gasteiger partial charge in [-0.2, -0.15) is 15.2 Å². The van der Waals surface area contributed by atoms with Gasteiger partial charge < -0.3 is 30.0 Å². The number of nitriles is 1. The van der Waals surface area contributed by atoms with Gasteiger partial charge in [-0.05, 0) is 38.3 Å². The molecule has 11 nitrogen and oxygen atoms in total. The summed E-state index contributed by atoms with van der Waals surface area (Å²) < 4.78 is 11.5. The van der Waals surface area contributed by atoms with Crippen LogP contribution in [-0.2, 0) is 11.2 Å². The van der Waals surface area contributed by atoms with Crippen molar-refractivity contribution in [3.05, 3.63) is 35.0 Å². The maximum absolute atomic E-state index is 13.6. The highest BCUT2D eigenvalue weighted by Crippen LogP contribution is 2.39. The van der Waals surface area contributed by atoms with Crippen LogP contribution in [0.5, 0.6) is 5.75 Å². The molecule has 210 valence electrons. The summed E-state index contributed by atoms with van der Waals surface area (Å²) in [6.07, 6.45) is 5.21. The van der Waals surface area contributed by atoms with Crippen molar-refractivity contribution in [1.82, 2.24) is 24.8 Å². The van der Waals surface area contributed by atoms with E-state index < -0.39 is 0 Å². The van der Waals surface area contributed by atoms with E-state index >= 15 is 0 Å². The first kappa shape index (κ1) is 26.3. The fourth-order valence-corrected chi connectivity index (χ4v) is 5.88. The van der Waals surface area contributed by atoms with Gasteiger partial charge in [0.05, 0.1) is 36.5 Å². The number of likely N-dealkylation sites (tertiary alicyclic amines) is 1. The van der Waals surface area contributed by atoms with Crippen LogP contribution >= 0.6 is 0 Å². The highest BCUT2D eigenvalue weighted by Gasteiger charge is 2.31. The van der Waals surface area contributed by atoms with Gasteiger partial charge in [-0.1, -0.05) is 6.92 Å². The number of piperidine rings is 1. The van der Waals surface area contributed by atoms with Crippen molar-refractivity contribution < 1.29 is 14.3 Å². The summed E-state index contributed by atoms with van der Waals surface area (Å²) in [6, 6.07) is 6.68. The van der Waals surface area contributed by atoms with Crippen molar-refractivity contribution in [3.63, 3.8) is 0 Å². The summed E-state index contributed by atoms with van der Waals surface area (Å²) in [7, 11) is 0. The highest BCUT2D eigenvalue weighted by molar-refractivity contribution is 5.98. The SMILES string of the molecule is CC[C@H](C)Nc1nc(Nc2ccc(C(=O)N3CCC(N4CCOCC4)CC3)c3c2OCC3)nc2[nH]cc(C#N)c12. The van der Waals surface area contributed by atoms with Gasteiger partial charge in [-0.15, -0.1) is 0 Å². The Hall–Kier alpha value is -3.88. The predicted octanol–water partition coefficient (Wildman–Crippen LogP) is 3.66. The van der Waals surface area contributed by atoms with E-state index in [2.05, 4.69) is 45.4 Å². The molecule has 2 saturated heterocycles. The number of ether oxygens (including phenoxy) is 2. The molecule has 6 rings (SSSR count). The molecule has 3 aliphatic heterocycles. The maximum Gasteiger partial charge on any atom is 0.254 e. The minimum absolute atomic E-state index is 0.0712. The largest absolute Gasteiger partial charge is 0.491 e. The monoisotopic (exact) mass is 544 g/mol. The Morgan fingerprint density at radius 3 is 2.75 bits per heavy atom. The zero-order chi connectivity index (χ0) is 27.6. The van der Waals surface area contributed by atoms with Gasteiger partial charge in [-0.3, -0.25) is 9.69 Å². The van der Waals surface area contributed by atoms with Crippen LogP contribution in [0.3, 0.4) is 0 Å². The Kier molecular flexibility index (Phi) is 7.45. The first-order chi connectivity index (χ1) is 19.6. The van der Waals surface area contributed by atoms with Crippen LogP contribution in [0.2, 0.25) is 0 Å². The van der Waals surface area contributed by atoms with Crippen LogP contribution in [0.4, 0.5) is 17.5 Å². The molecule has 0 bridgehead atoms. The first-order valence-electron chi connectivity index (χ1n) is 14.3. The molecule has 2 aromatic heterocycles. The lowest BCUT2D eigenvalue weighted by Crippen LogP contribution is -2.50. The number of amides is 1. The molecule has 1 atom stereocenters. The van der Waals surface area contributed by atoms with E-state index in [1.165, 1.54) is 0 Å². The molecule has 3 N–H and O–H groups in total. The van der Waals surface area contributed by atoms with E-state index in [1.807, 2.05) is 17.0 Å². The third-order valence-electron chi connectivity index (χ3n) is 8.30. The van der Waals surface area contributed by atoms with Gasteiger partial charge in [-0.25, -0.2) is 0 Å². The summed E-state index contributed by atoms with van der Waals surface area (Å²) in [4.78, 5) is 30.5. The summed E-state index contributed by atoms with van der Waals surface area (Å²) in [6.45, 7) is 9.76. The minimum atomic E-state index is 0.0712. The average molecular weight is 545 g/mol. The number of nitrogens with zero attached hydrogens (tertiary/aromatic N) is 5. The Morgan fingerprint density at radius 2 is 2.00 bits per heavy atom. The molecule has 0 aliphatic carbocycles. The van der Waals surface area contributed by atoms with Gasteiger partial charge in [0, 0.05) is 62.0 Å². The lowest BCUT2D eigenvalue weighted by Gasteiger charge is -2.40. The molecule has 1 aromatic carbocycles. The molecular formula is C29H36N8O3. The Balaban J connectivity index is 1.22. The third kappa shape index (κ3) is 5.05.